The van der Waals surface area contributed by atoms with Gasteiger partial charge in [-0.25, -0.2) is 9.97 Å². The van der Waals surface area contributed by atoms with Crippen LogP contribution in [0.3, 0.4) is 0 Å². The van der Waals surface area contributed by atoms with E-state index in [2.05, 4.69) is 9.97 Å². The number of hydrogen-bond acceptors (Lipinski definition) is 4. The van der Waals surface area contributed by atoms with Crippen molar-refractivity contribution in [2.24, 2.45) is 0 Å². The van der Waals surface area contributed by atoms with Crippen LogP contribution in [0.15, 0.2) is 12.4 Å². The van der Waals surface area contributed by atoms with E-state index in [-0.39, 0.29) is 6.42 Å². The van der Waals surface area contributed by atoms with Crippen LogP contribution in [0.2, 0.25) is 0 Å². The first-order valence-corrected chi connectivity index (χ1v) is 4.90. The van der Waals surface area contributed by atoms with Gasteiger partial charge in [-0.15, -0.1) is 11.3 Å². The van der Waals surface area contributed by atoms with Crippen molar-refractivity contribution in [3.05, 3.63) is 23.0 Å². The highest BCUT2D eigenvalue weighted by Crippen LogP contribution is 2.24. The second kappa shape index (κ2) is 3.34. The van der Waals surface area contributed by atoms with Crippen molar-refractivity contribution in [3.63, 3.8) is 0 Å². The molecule has 0 aliphatic heterocycles. The fraction of sp³-hybridized carbons (Fsp3) is 0.222. The van der Waals surface area contributed by atoms with Crippen molar-refractivity contribution >= 4 is 27.5 Å². The molecule has 0 radical (unpaired) electrons. The number of nitrogens with zero attached hydrogens (tertiary/aromatic N) is 2. The summed E-state index contributed by atoms with van der Waals surface area (Å²) in [4.78, 5) is 20.6. The fourth-order valence-corrected chi connectivity index (χ4v) is 2.18. The van der Waals surface area contributed by atoms with Gasteiger partial charge >= 0.3 is 5.97 Å². The van der Waals surface area contributed by atoms with Crippen molar-refractivity contribution in [1.29, 1.82) is 0 Å². The van der Waals surface area contributed by atoms with Crippen LogP contribution in [0, 0.1) is 6.92 Å². The zero-order valence-electron chi connectivity index (χ0n) is 7.52. The van der Waals surface area contributed by atoms with Crippen LogP contribution in [0.4, 0.5) is 0 Å². The van der Waals surface area contributed by atoms with E-state index < -0.39 is 5.97 Å². The summed E-state index contributed by atoms with van der Waals surface area (Å²) in [5, 5.41) is 9.53. The average molecular weight is 208 g/mol. The van der Waals surface area contributed by atoms with Gasteiger partial charge in [0.05, 0.1) is 12.1 Å². The minimum absolute atomic E-state index is 0.0464. The Morgan fingerprint density at radius 3 is 3.07 bits per heavy atom. The molecule has 2 aromatic heterocycles. The largest absolute Gasteiger partial charge is 0.481 e. The second-order valence-electron chi connectivity index (χ2n) is 2.97. The first-order valence-electron chi connectivity index (χ1n) is 4.08. The summed E-state index contributed by atoms with van der Waals surface area (Å²) >= 11 is 1.55. The number of aromatic nitrogens is 2. The summed E-state index contributed by atoms with van der Waals surface area (Å²) < 4.78 is 0. The van der Waals surface area contributed by atoms with Crippen LogP contribution in [-0.4, -0.2) is 21.0 Å². The quantitative estimate of drug-likeness (QED) is 0.814. The number of hydrogen-bond donors (Lipinski definition) is 1. The Kier molecular flexibility index (Phi) is 2.17. The van der Waals surface area contributed by atoms with E-state index in [1.165, 1.54) is 6.33 Å². The highest BCUT2D eigenvalue weighted by Gasteiger charge is 2.09. The van der Waals surface area contributed by atoms with Crippen LogP contribution < -0.4 is 0 Å². The third-order valence-corrected chi connectivity index (χ3v) is 2.81. The average Bonchev–Trinajstić information content (AvgIpc) is 2.45. The second-order valence-corrected chi connectivity index (χ2v) is 4.20. The molecule has 4 nitrogen and oxygen atoms in total. The summed E-state index contributed by atoms with van der Waals surface area (Å²) in [6, 6.07) is 1.93. The molecular formula is C9H8N2O2S. The minimum Gasteiger partial charge on any atom is -0.481 e. The molecule has 0 atom stereocenters. The minimum atomic E-state index is -0.867. The molecule has 0 saturated heterocycles. The van der Waals surface area contributed by atoms with E-state index in [1.807, 2.05) is 13.0 Å². The first kappa shape index (κ1) is 9.08. The molecule has 0 fully saturated rings. The molecule has 5 heteroatoms. The Morgan fingerprint density at radius 2 is 2.36 bits per heavy atom. The van der Waals surface area contributed by atoms with Crippen molar-refractivity contribution in [1.82, 2.24) is 9.97 Å². The molecule has 0 unspecified atom stereocenters. The standard InChI is InChI=1S/C9H8N2O2S/c1-5-2-6-7(3-8(12)13)10-4-11-9(6)14-5/h2,4H,3H2,1H3,(H,12,13). The molecule has 2 heterocycles. The summed E-state index contributed by atoms with van der Waals surface area (Å²) in [6.07, 6.45) is 1.37. The molecule has 0 spiro atoms. The summed E-state index contributed by atoms with van der Waals surface area (Å²) in [5.74, 6) is -0.867. The fourth-order valence-electron chi connectivity index (χ4n) is 1.31. The van der Waals surface area contributed by atoms with E-state index in [9.17, 15) is 4.79 Å². The van der Waals surface area contributed by atoms with Gasteiger partial charge in [-0.3, -0.25) is 4.79 Å². The van der Waals surface area contributed by atoms with E-state index in [0.717, 1.165) is 15.1 Å². The van der Waals surface area contributed by atoms with Crippen molar-refractivity contribution < 1.29 is 9.90 Å². The van der Waals surface area contributed by atoms with Crippen LogP contribution in [0.25, 0.3) is 10.2 Å². The van der Waals surface area contributed by atoms with Gasteiger partial charge in [0, 0.05) is 10.3 Å². The molecule has 0 aliphatic carbocycles. The Bertz CT molecular complexity index is 493. The number of carboxylic acid groups (broad SMARTS) is 1. The highest BCUT2D eigenvalue weighted by molar-refractivity contribution is 7.18. The van der Waals surface area contributed by atoms with Gasteiger partial charge in [0.15, 0.2) is 0 Å². The van der Waals surface area contributed by atoms with Crippen molar-refractivity contribution in [2.75, 3.05) is 0 Å². The molecular weight excluding hydrogens is 200 g/mol. The third kappa shape index (κ3) is 1.58. The Balaban J connectivity index is 2.58. The summed E-state index contributed by atoms with van der Waals surface area (Å²) in [6.45, 7) is 1.97. The van der Waals surface area contributed by atoms with Gasteiger partial charge in [0.2, 0.25) is 0 Å². The van der Waals surface area contributed by atoms with Gasteiger partial charge in [-0.1, -0.05) is 0 Å². The van der Waals surface area contributed by atoms with Crippen LogP contribution in [0.1, 0.15) is 10.6 Å². The third-order valence-electron chi connectivity index (χ3n) is 1.85. The van der Waals surface area contributed by atoms with E-state index in [1.54, 1.807) is 11.3 Å². The van der Waals surface area contributed by atoms with Crippen LogP contribution >= 0.6 is 11.3 Å². The van der Waals surface area contributed by atoms with Crippen LogP contribution in [0.5, 0.6) is 0 Å². The number of thiophene rings is 1. The number of carboxylic acids is 1. The number of carbonyl (C=O) groups is 1. The van der Waals surface area contributed by atoms with Gasteiger partial charge in [-0.05, 0) is 13.0 Å². The zero-order chi connectivity index (χ0) is 10.1. The maximum absolute atomic E-state index is 10.6. The predicted octanol–water partition coefficient (Wildman–Crippen LogP) is 1.63. The monoisotopic (exact) mass is 208 g/mol. The van der Waals surface area contributed by atoms with Crippen LogP contribution in [-0.2, 0) is 11.2 Å². The van der Waals surface area contributed by atoms with Gasteiger partial charge in [0.25, 0.3) is 0 Å². The Hall–Kier alpha value is -1.49. The molecule has 0 aromatic carbocycles. The first-order chi connectivity index (χ1) is 6.66. The Morgan fingerprint density at radius 1 is 1.57 bits per heavy atom. The maximum Gasteiger partial charge on any atom is 0.309 e. The summed E-state index contributed by atoms with van der Waals surface area (Å²) in [7, 11) is 0. The molecule has 2 aromatic rings. The normalized spacial score (nSPS) is 10.6. The topological polar surface area (TPSA) is 63.1 Å². The zero-order valence-corrected chi connectivity index (χ0v) is 8.34. The Labute approximate surface area is 84.2 Å². The van der Waals surface area contributed by atoms with E-state index >= 15 is 0 Å². The van der Waals surface area contributed by atoms with Gasteiger partial charge in [-0.2, -0.15) is 0 Å². The smallest absolute Gasteiger partial charge is 0.309 e. The molecule has 0 saturated carbocycles. The van der Waals surface area contributed by atoms with Gasteiger partial charge < -0.3 is 5.11 Å². The lowest BCUT2D eigenvalue weighted by molar-refractivity contribution is -0.136. The van der Waals surface area contributed by atoms with Gasteiger partial charge in [0.1, 0.15) is 11.2 Å². The van der Waals surface area contributed by atoms with Crippen molar-refractivity contribution in [2.45, 2.75) is 13.3 Å². The lowest BCUT2D eigenvalue weighted by Crippen LogP contribution is -2.02. The lowest BCUT2D eigenvalue weighted by Gasteiger charge is -1.96. The summed E-state index contributed by atoms with van der Waals surface area (Å²) in [5.41, 5.74) is 0.590. The number of fused-ring (bicyclic) bond motifs is 1. The van der Waals surface area contributed by atoms with E-state index in [0.29, 0.717) is 5.69 Å². The van der Waals surface area contributed by atoms with E-state index in [4.69, 9.17) is 5.11 Å². The number of rotatable bonds is 2. The molecule has 0 bridgehead atoms. The number of aliphatic carboxylic acids is 1. The highest BCUT2D eigenvalue weighted by atomic mass is 32.1. The molecule has 72 valence electrons. The molecule has 0 aliphatic rings. The lowest BCUT2D eigenvalue weighted by atomic mass is 10.2. The maximum atomic E-state index is 10.6. The molecule has 0 amide bonds. The number of aryl methyl sites for hydroxylation is 1. The predicted molar refractivity (Wildman–Crippen MR) is 53.5 cm³/mol. The molecule has 14 heavy (non-hydrogen) atoms. The molecule has 2 rings (SSSR count). The molecule has 1 N–H and O–H groups in total. The van der Waals surface area contributed by atoms with Crippen molar-refractivity contribution in [3.8, 4) is 0 Å². The SMILES string of the molecule is Cc1cc2c(CC(=O)O)ncnc2s1.